The van der Waals surface area contributed by atoms with Gasteiger partial charge in [0.2, 0.25) is 23.6 Å². The summed E-state index contributed by atoms with van der Waals surface area (Å²) in [6.45, 7) is 8.62. The van der Waals surface area contributed by atoms with Gasteiger partial charge in [-0.25, -0.2) is 69.5 Å². The lowest BCUT2D eigenvalue weighted by molar-refractivity contribution is -0.121. The van der Waals surface area contributed by atoms with E-state index in [1.165, 1.54) is 40.7 Å². The molecule has 28 heteroatoms. The Morgan fingerprint density at radius 3 is 0.676 bits per heavy atom. The maximum absolute atomic E-state index is 13.1. The summed E-state index contributed by atoms with van der Waals surface area (Å²) >= 11 is 0. The van der Waals surface area contributed by atoms with E-state index < -0.39 is 61.8 Å². The minimum Gasteiger partial charge on any atom is -0.324 e. The number of rotatable bonds is 8. The van der Waals surface area contributed by atoms with Gasteiger partial charge in [-0.3, -0.25) is 19.2 Å². The van der Waals surface area contributed by atoms with Gasteiger partial charge in [0.25, 0.3) is 40.1 Å². The Hall–Kier alpha value is -10.7. The number of aromatic nitrogens is 8. The fourth-order valence-electron chi connectivity index (χ4n) is 18.6. The number of hydrogen-bond donors (Lipinski definition) is 4. The molecule has 20 rings (SSSR count). The first-order valence-corrected chi connectivity index (χ1v) is 42.0. The van der Waals surface area contributed by atoms with Gasteiger partial charge >= 0.3 is 0 Å². The normalized spacial score (nSPS) is 24.5. The van der Waals surface area contributed by atoms with Gasteiger partial charge in [0.15, 0.2) is 22.6 Å². The number of carbonyl (C=O) groups excluding carboxylic acids is 4. The number of nitrogens with one attached hydrogen (secondary N) is 4. The molecule has 0 saturated heterocycles. The number of nitrogens with zero attached hydrogens (tertiary/aromatic N) is 8. The van der Waals surface area contributed by atoms with E-state index in [1.54, 1.807) is 170 Å². The summed E-state index contributed by atoms with van der Waals surface area (Å²) in [5.41, 5.74) is 5.64. The van der Waals surface area contributed by atoms with E-state index in [9.17, 15) is 52.8 Å². The van der Waals surface area contributed by atoms with Gasteiger partial charge in [-0.15, -0.1) is 0 Å². The summed E-state index contributed by atoms with van der Waals surface area (Å²) in [4.78, 5) is 69.6. The molecular formula is C80H76N12O12S4. The molecule has 0 radical (unpaired) electrons. The molecule has 12 heterocycles. The number of pyridine rings is 4. The fraction of sp³-hybridized carbons (Fsp3) is 0.300. The molecule has 8 aliphatic rings. The molecule has 4 fully saturated rings. The van der Waals surface area contributed by atoms with Crippen LogP contribution >= 0.6 is 0 Å². The molecule has 8 aromatic heterocycles. The number of anilines is 4. The van der Waals surface area contributed by atoms with E-state index in [4.69, 9.17) is 0 Å². The van der Waals surface area contributed by atoms with E-state index >= 15 is 0 Å². The second-order valence-corrected chi connectivity index (χ2v) is 37.7. The lowest BCUT2D eigenvalue weighted by atomic mass is 9.78. The number of carbonyl (C=O) groups is 4. The SMILES string of the molecule is C[C@@H]1CC[C@@]2(C1)C(=O)Nc1cnc3c(ccn3S(=O)(=O)c3ccccc3)c12.C[C@@H]1CC[C@]2(C1)C(=O)Nc1cnc3c(ccn3S(=O)(=O)c3ccccc3)c12.C[C@H]1CC[C@@]2(C1)C(=O)Nc1cnc3c(ccn3S(=O)(=O)c3ccccc3)c12.C[C@H]1CC[C@]2(C1)C(=O)Nc1cnc3c(ccn3S(=O)(=O)c3ccccc3)c12. The van der Waals surface area contributed by atoms with Crippen LogP contribution in [0.4, 0.5) is 22.7 Å². The average Bonchev–Trinajstić information content (AvgIpc) is 1.57. The van der Waals surface area contributed by atoms with Crippen molar-refractivity contribution in [3.05, 3.63) is 217 Å². The molecule has 4 aliphatic heterocycles. The van der Waals surface area contributed by atoms with Crippen molar-refractivity contribution in [2.24, 2.45) is 23.7 Å². The summed E-state index contributed by atoms with van der Waals surface area (Å²) in [6, 6.07) is 40.3. The molecule has 4 amide bonds. The molecule has 108 heavy (non-hydrogen) atoms. The number of benzene rings is 4. The quantitative estimate of drug-likeness (QED) is 0.110. The summed E-state index contributed by atoms with van der Waals surface area (Å²) in [6.07, 6.45) is 22.7. The smallest absolute Gasteiger partial charge is 0.269 e. The lowest BCUT2D eigenvalue weighted by Gasteiger charge is -2.22. The van der Waals surface area contributed by atoms with Crippen LogP contribution in [0.1, 0.15) is 127 Å². The summed E-state index contributed by atoms with van der Waals surface area (Å²) in [5, 5.41) is 14.8. The van der Waals surface area contributed by atoms with Crippen molar-refractivity contribution in [1.29, 1.82) is 0 Å². The molecule has 4 aliphatic carbocycles. The number of hydrogen-bond acceptors (Lipinski definition) is 16. The Kier molecular flexibility index (Phi) is 16.6. The Balaban J connectivity index is 0.000000105. The Bertz CT molecular complexity index is 5490. The van der Waals surface area contributed by atoms with Gasteiger partial charge in [-0.2, -0.15) is 0 Å². The van der Waals surface area contributed by atoms with Gasteiger partial charge in [0, 0.05) is 68.6 Å². The number of amides is 4. The van der Waals surface area contributed by atoms with Crippen LogP contribution in [0.2, 0.25) is 0 Å². The summed E-state index contributed by atoms with van der Waals surface area (Å²) < 4.78 is 109. The Morgan fingerprint density at radius 1 is 0.306 bits per heavy atom. The predicted octanol–water partition coefficient (Wildman–Crippen LogP) is 13.1. The van der Waals surface area contributed by atoms with Crippen molar-refractivity contribution in [3.8, 4) is 0 Å². The summed E-state index contributed by atoms with van der Waals surface area (Å²) in [5.74, 6) is 1.87. The van der Waals surface area contributed by atoms with Crippen molar-refractivity contribution in [1.82, 2.24) is 35.8 Å². The van der Waals surface area contributed by atoms with E-state index in [1.807, 2.05) is 0 Å². The number of fused-ring (bicyclic) bond motifs is 16. The first kappa shape index (κ1) is 70.3. The van der Waals surface area contributed by atoms with Crippen molar-refractivity contribution >= 4 is 131 Å². The van der Waals surface area contributed by atoms with E-state index in [-0.39, 0.29) is 43.2 Å². The lowest BCUT2D eigenvalue weighted by Crippen LogP contribution is -2.31. The van der Waals surface area contributed by atoms with Crippen molar-refractivity contribution in [2.45, 2.75) is 146 Å². The molecule has 24 nitrogen and oxygen atoms in total. The van der Waals surface area contributed by atoms with Crippen LogP contribution in [-0.4, -0.2) is 93.1 Å². The van der Waals surface area contributed by atoms with Crippen molar-refractivity contribution < 1.29 is 52.8 Å². The molecule has 4 saturated carbocycles. The first-order valence-electron chi connectivity index (χ1n) is 36.2. The van der Waals surface area contributed by atoms with Gasteiger partial charge < -0.3 is 21.3 Å². The van der Waals surface area contributed by atoms with Crippen LogP contribution in [0.15, 0.2) is 215 Å². The maximum atomic E-state index is 13.1. The molecule has 4 spiro atoms. The molecule has 552 valence electrons. The molecule has 4 aromatic carbocycles. The third-order valence-corrected chi connectivity index (χ3v) is 30.3. The molecule has 0 bridgehead atoms. The Labute approximate surface area is 623 Å². The highest BCUT2D eigenvalue weighted by molar-refractivity contribution is 7.91. The fourth-order valence-corrected chi connectivity index (χ4v) is 23.9. The van der Waals surface area contributed by atoms with Gasteiger partial charge in [-0.05, 0) is 174 Å². The van der Waals surface area contributed by atoms with Crippen LogP contribution < -0.4 is 21.3 Å². The zero-order valence-electron chi connectivity index (χ0n) is 59.4. The second kappa shape index (κ2) is 25.5. The van der Waals surface area contributed by atoms with E-state index in [0.717, 1.165) is 121 Å². The average molecular weight is 1530 g/mol. The largest absolute Gasteiger partial charge is 0.324 e. The minimum absolute atomic E-state index is 0.00909. The van der Waals surface area contributed by atoms with Crippen LogP contribution in [0.25, 0.3) is 44.1 Å². The predicted molar refractivity (Wildman–Crippen MR) is 408 cm³/mol. The highest BCUT2D eigenvalue weighted by atomic mass is 32.2. The van der Waals surface area contributed by atoms with Crippen LogP contribution in [-0.2, 0) is 80.9 Å². The molecular weight excluding hydrogens is 1450 g/mol. The highest BCUT2D eigenvalue weighted by Gasteiger charge is 2.56. The van der Waals surface area contributed by atoms with E-state index in [0.29, 0.717) is 69.0 Å². The van der Waals surface area contributed by atoms with Crippen molar-refractivity contribution in [2.75, 3.05) is 21.3 Å². The zero-order chi connectivity index (χ0) is 75.2. The first-order chi connectivity index (χ1) is 51.7. The van der Waals surface area contributed by atoms with Crippen LogP contribution in [0.5, 0.6) is 0 Å². The highest BCUT2D eigenvalue weighted by Crippen LogP contribution is 2.57. The van der Waals surface area contributed by atoms with Crippen molar-refractivity contribution in [3.63, 3.8) is 0 Å². The van der Waals surface area contributed by atoms with Crippen LogP contribution in [0.3, 0.4) is 0 Å². The molecule has 0 unspecified atom stereocenters. The van der Waals surface area contributed by atoms with E-state index in [2.05, 4.69) is 68.9 Å². The third kappa shape index (κ3) is 10.7. The van der Waals surface area contributed by atoms with Gasteiger partial charge in [0.1, 0.15) is 0 Å². The third-order valence-electron chi connectivity index (χ3n) is 23.6. The topological polar surface area (TPSA) is 324 Å². The monoisotopic (exact) mass is 1520 g/mol. The Morgan fingerprint density at radius 2 is 0.500 bits per heavy atom. The van der Waals surface area contributed by atoms with Crippen LogP contribution in [0, 0.1) is 23.7 Å². The summed E-state index contributed by atoms with van der Waals surface area (Å²) in [7, 11) is -15.0. The standard InChI is InChI=1S/4C20H19N3O3S/c4*1-13-7-9-20(11-13)17-15-8-10-23(18(15)21-12-16(17)22-19(20)24)27(25,26)14-5-3-2-4-6-14/h4*2-6,8,10,12-13H,7,9,11H2,1H3,(H,22,24)/t2*13-,20+;2*13-,20-/m1010/s1. The molecule has 12 aromatic rings. The molecule has 8 atom stereocenters. The second-order valence-electron chi connectivity index (χ2n) is 30.4. The zero-order valence-corrected chi connectivity index (χ0v) is 62.6. The molecule has 4 N–H and O–H groups in total. The maximum Gasteiger partial charge on any atom is 0.269 e. The van der Waals surface area contributed by atoms with Gasteiger partial charge in [-0.1, -0.05) is 100 Å². The van der Waals surface area contributed by atoms with Gasteiger partial charge in [0.05, 0.1) is 88.8 Å². The minimum atomic E-state index is -3.75.